The van der Waals surface area contributed by atoms with Crippen LogP contribution in [-0.2, 0) is 11.3 Å². The highest BCUT2D eigenvalue weighted by atomic mass is 16.1. The minimum atomic E-state index is 0.123. The lowest BCUT2D eigenvalue weighted by Gasteiger charge is -2.32. The third-order valence-corrected chi connectivity index (χ3v) is 5.72. The number of hydrogen-bond donors (Lipinski definition) is 1. The van der Waals surface area contributed by atoms with Gasteiger partial charge in [0.25, 0.3) is 0 Å². The Morgan fingerprint density at radius 1 is 1.19 bits per heavy atom. The van der Waals surface area contributed by atoms with Crippen LogP contribution in [0.1, 0.15) is 33.6 Å². The predicted molar refractivity (Wildman–Crippen MR) is 111 cm³/mol. The molecule has 0 atom stereocenters. The van der Waals surface area contributed by atoms with E-state index in [1.165, 1.54) is 5.52 Å². The summed E-state index contributed by atoms with van der Waals surface area (Å²) in [6.07, 6.45) is 1.79. The van der Waals surface area contributed by atoms with Crippen molar-refractivity contribution in [1.29, 1.82) is 0 Å². The molecule has 2 heterocycles. The number of carbonyl (C=O) groups excluding carboxylic acids is 1. The standard InChI is InChI=1S/C21H33N5O/c1-4-24(5-2)16-13-22-20(27)17-11-14-25(15-12-17)21-23-18-9-7-8-10-19(18)26(21)6-3/h7-10,17H,4-6,11-16H2,1-3H3,(H,22,27). The van der Waals surface area contributed by atoms with Crippen LogP contribution >= 0.6 is 0 Å². The smallest absolute Gasteiger partial charge is 0.223 e. The van der Waals surface area contributed by atoms with Gasteiger partial charge in [-0.1, -0.05) is 26.0 Å². The Morgan fingerprint density at radius 2 is 1.89 bits per heavy atom. The Labute approximate surface area is 162 Å². The zero-order valence-corrected chi connectivity index (χ0v) is 16.9. The van der Waals surface area contributed by atoms with Crippen molar-refractivity contribution >= 4 is 22.9 Å². The van der Waals surface area contributed by atoms with E-state index in [1.807, 2.05) is 6.07 Å². The lowest BCUT2D eigenvalue weighted by atomic mass is 9.96. The van der Waals surface area contributed by atoms with Crippen LogP contribution in [0, 0.1) is 5.92 Å². The van der Waals surface area contributed by atoms with Gasteiger partial charge in [-0.05, 0) is 45.0 Å². The van der Waals surface area contributed by atoms with Crippen LogP contribution in [0.15, 0.2) is 24.3 Å². The number of likely N-dealkylation sites (N-methyl/N-ethyl adjacent to an activating group) is 1. The van der Waals surface area contributed by atoms with Gasteiger partial charge in [0, 0.05) is 38.6 Å². The van der Waals surface area contributed by atoms with Gasteiger partial charge in [-0.2, -0.15) is 0 Å². The second-order valence-electron chi connectivity index (χ2n) is 7.22. The van der Waals surface area contributed by atoms with Gasteiger partial charge >= 0.3 is 0 Å². The summed E-state index contributed by atoms with van der Waals surface area (Å²) >= 11 is 0. The zero-order chi connectivity index (χ0) is 19.2. The van der Waals surface area contributed by atoms with Crippen LogP contribution in [0.25, 0.3) is 11.0 Å². The molecule has 0 radical (unpaired) electrons. The molecule has 1 aliphatic heterocycles. The summed E-state index contributed by atoms with van der Waals surface area (Å²) in [4.78, 5) is 22.0. The molecule has 0 spiro atoms. The highest BCUT2D eigenvalue weighted by Gasteiger charge is 2.27. The molecule has 1 aromatic carbocycles. The van der Waals surface area contributed by atoms with Crippen molar-refractivity contribution in [2.45, 2.75) is 40.2 Å². The normalized spacial score (nSPS) is 15.6. The molecular weight excluding hydrogens is 338 g/mol. The van der Waals surface area contributed by atoms with Crippen molar-refractivity contribution < 1.29 is 4.79 Å². The molecular formula is C21H33N5O. The Morgan fingerprint density at radius 3 is 2.56 bits per heavy atom. The lowest BCUT2D eigenvalue weighted by Crippen LogP contribution is -2.43. The average molecular weight is 372 g/mol. The number of piperidine rings is 1. The second kappa shape index (κ2) is 9.22. The number of carbonyl (C=O) groups is 1. The summed E-state index contributed by atoms with van der Waals surface area (Å²) in [5, 5.41) is 3.13. The number of fused-ring (bicyclic) bond motifs is 1. The molecule has 1 N–H and O–H groups in total. The minimum absolute atomic E-state index is 0.123. The molecule has 6 heteroatoms. The summed E-state index contributed by atoms with van der Waals surface area (Å²) in [5.41, 5.74) is 2.23. The molecule has 3 rings (SSSR count). The van der Waals surface area contributed by atoms with Crippen LogP contribution in [-0.4, -0.2) is 59.6 Å². The highest BCUT2D eigenvalue weighted by molar-refractivity contribution is 5.80. The summed E-state index contributed by atoms with van der Waals surface area (Å²) in [6.45, 7) is 12.9. The zero-order valence-electron chi connectivity index (χ0n) is 16.9. The van der Waals surface area contributed by atoms with Gasteiger partial charge in [-0.15, -0.1) is 0 Å². The number of aryl methyl sites for hydroxylation is 1. The van der Waals surface area contributed by atoms with Crippen molar-refractivity contribution in [3.63, 3.8) is 0 Å². The van der Waals surface area contributed by atoms with Gasteiger partial charge in [-0.3, -0.25) is 4.79 Å². The molecule has 0 aliphatic carbocycles. The van der Waals surface area contributed by atoms with E-state index in [-0.39, 0.29) is 11.8 Å². The number of rotatable bonds is 8. The third kappa shape index (κ3) is 4.43. The van der Waals surface area contributed by atoms with Crippen LogP contribution in [0.4, 0.5) is 5.95 Å². The fourth-order valence-corrected chi connectivity index (χ4v) is 3.98. The summed E-state index contributed by atoms with van der Waals surface area (Å²) < 4.78 is 2.28. The van der Waals surface area contributed by atoms with E-state index in [2.05, 4.69) is 58.7 Å². The van der Waals surface area contributed by atoms with E-state index in [4.69, 9.17) is 4.98 Å². The fraction of sp³-hybridized carbons (Fsp3) is 0.619. The van der Waals surface area contributed by atoms with Gasteiger partial charge in [0.15, 0.2) is 0 Å². The molecule has 1 aromatic heterocycles. The first-order valence-electron chi connectivity index (χ1n) is 10.4. The Kier molecular flexibility index (Phi) is 6.72. The van der Waals surface area contributed by atoms with Crippen LogP contribution in [0.5, 0.6) is 0 Å². The quantitative estimate of drug-likeness (QED) is 0.775. The Bertz CT molecular complexity index is 744. The molecule has 6 nitrogen and oxygen atoms in total. The molecule has 27 heavy (non-hydrogen) atoms. The Balaban J connectivity index is 1.55. The molecule has 0 saturated carbocycles. The van der Waals surface area contributed by atoms with E-state index < -0.39 is 0 Å². The van der Waals surface area contributed by atoms with Crippen molar-refractivity contribution in [2.24, 2.45) is 5.92 Å². The Hall–Kier alpha value is -2.08. The molecule has 2 aromatic rings. The third-order valence-electron chi connectivity index (χ3n) is 5.72. The number of benzene rings is 1. The maximum Gasteiger partial charge on any atom is 0.223 e. The molecule has 0 unspecified atom stereocenters. The van der Waals surface area contributed by atoms with Crippen molar-refractivity contribution in [2.75, 3.05) is 44.2 Å². The molecule has 1 saturated heterocycles. The van der Waals surface area contributed by atoms with E-state index in [1.54, 1.807) is 0 Å². The van der Waals surface area contributed by atoms with Gasteiger partial charge in [0.1, 0.15) is 0 Å². The van der Waals surface area contributed by atoms with Crippen molar-refractivity contribution in [3.8, 4) is 0 Å². The average Bonchev–Trinajstić information content (AvgIpc) is 3.10. The van der Waals surface area contributed by atoms with E-state index >= 15 is 0 Å². The number of nitrogens with zero attached hydrogens (tertiary/aromatic N) is 4. The maximum atomic E-state index is 12.5. The van der Waals surface area contributed by atoms with E-state index in [9.17, 15) is 4.79 Å². The molecule has 1 aliphatic rings. The minimum Gasteiger partial charge on any atom is -0.355 e. The number of anilines is 1. The first kappa shape index (κ1) is 19.7. The number of amides is 1. The summed E-state index contributed by atoms with van der Waals surface area (Å²) in [6, 6.07) is 8.30. The number of imidazole rings is 1. The molecule has 1 amide bonds. The first-order chi connectivity index (χ1) is 13.2. The van der Waals surface area contributed by atoms with E-state index in [0.29, 0.717) is 0 Å². The lowest BCUT2D eigenvalue weighted by molar-refractivity contribution is -0.125. The number of nitrogens with one attached hydrogen (secondary N) is 1. The summed E-state index contributed by atoms with van der Waals surface area (Å²) in [5.74, 6) is 1.38. The van der Waals surface area contributed by atoms with Gasteiger partial charge in [0.05, 0.1) is 11.0 Å². The fourth-order valence-electron chi connectivity index (χ4n) is 3.98. The van der Waals surface area contributed by atoms with Crippen molar-refractivity contribution in [3.05, 3.63) is 24.3 Å². The summed E-state index contributed by atoms with van der Waals surface area (Å²) in [7, 11) is 0. The highest BCUT2D eigenvalue weighted by Crippen LogP contribution is 2.26. The van der Waals surface area contributed by atoms with Gasteiger partial charge in [0.2, 0.25) is 11.9 Å². The molecule has 148 valence electrons. The van der Waals surface area contributed by atoms with Crippen LogP contribution in [0.2, 0.25) is 0 Å². The van der Waals surface area contributed by atoms with Crippen molar-refractivity contribution in [1.82, 2.24) is 19.8 Å². The van der Waals surface area contributed by atoms with Crippen LogP contribution in [0.3, 0.4) is 0 Å². The predicted octanol–water partition coefficient (Wildman–Crippen LogP) is 2.73. The molecule has 1 fully saturated rings. The SMILES string of the molecule is CCN(CC)CCNC(=O)C1CCN(c2nc3ccccc3n2CC)CC1. The second-order valence-corrected chi connectivity index (χ2v) is 7.22. The van der Waals surface area contributed by atoms with Gasteiger partial charge < -0.3 is 19.7 Å². The first-order valence-corrected chi connectivity index (χ1v) is 10.4. The van der Waals surface area contributed by atoms with Gasteiger partial charge in [-0.25, -0.2) is 4.98 Å². The maximum absolute atomic E-state index is 12.5. The number of hydrogen-bond acceptors (Lipinski definition) is 4. The van der Waals surface area contributed by atoms with E-state index in [0.717, 1.165) is 70.1 Å². The topological polar surface area (TPSA) is 53.4 Å². The monoisotopic (exact) mass is 371 g/mol. The van der Waals surface area contributed by atoms with Crippen LogP contribution < -0.4 is 10.2 Å². The number of aromatic nitrogens is 2. The molecule has 0 bridgehead atoms. The number of para-hydroxylation sites is 2. The largest absolute Gasteiger partial charge is 0.355 e.